The van der Waals surface area contributed by atoms with Gasteiger partial charge >= 0.3 is 0 Å². The van der Waals surface area contributed by atoms with Gasteiger partial charge in [-0.3, -0.25) is 0 Å². The van der Waals surface area contributed by atoms with E-state index in [1.54, 1.807) is 7.11 Å². The van der Waals surface area contributed by atoms with Gasteiger partial charge in [-0.05, 0) is 54.3 Å². The van der Waals surface area contributed by atoms with Crippen LogP contribution < -0.4 is 4.74 Å². The van der Waals surface area contributed by atoms with Crippen molar-refractivity contribution in [1.82, 2.24) is 4.98 Å². The van der Waals surface area contributed by atoms with Crippen molar-refractivity contribution in [3.8, 4) is 17.0 Å². The molecule has 1 heterocycles. The molecule has 0 N–H and O–H groups in total. The van der Waals surface area contributed by atoms with Crippen LogP contribution in [0.15, 0.2) is 84.9 Å². The summed E-state index contributed by atoms with van der Waals surface area (Å²) >= 11 is 0. The molecule has 0 saturated heterocycles. The van der Waals surface area contributed by atoms with E-state index in [9.17, 15) is 0 Å². The van der Waals surface area contributed by atoms with Crippen LogP contribution in [-0.2, 0) is 12.8 Å². The minimum absolute atomic E-state index is 0.859. The van der Waals surface area contributed by atoms with E-state index >= 15 is 0 Å². The summed E-state index contributed by atoms with van der Waals surface area (Å²) in [5.41, 5.74) is 5.84. The molecule has 4 rings (SSSR count). The molecule has 3 aromatic carbocycles. The highest BCUT2D eigenvalue weighted by Gasteiger charge is 2.06. The Balaban J connectivity index is 1.67. The average molecular weight is 339 g/mol. The first kappa shape index (κ1) is 16.3. The summed E-state index contributed by atoms with van der Waals surface area (Å²) in [5, 5.41) is 1.19. The molecule has 2 heteroatoms. The molecule has 26 heavy (non-hydrogen) atoms. The number of para-hydroxylation sites is 1. The summed E-state index contributed by atoms with van der Waals surface area (Å²) in [6.07, 6.45) is 2.01. The van der Waals surface area contributed by atoms with Gasteiger partial charge in [0.15, 0.2) is 0 Å². The average Bonchev–Trinajstić information content (AvgIpc) is 2.72. The quantitative estimate of drug-likeness (QED) is 0.465. The number of ether oxygens (including phenoxy) is 1. The highest BCUT2D eigenvalue weighted by atomic mass is 16.5. The minimum atomic E-state index is 0.859. The van der Waals surface area contributed by atoms with Crippen molar-refractivity contribution < 1.29 is 4.74 Å². The second kappa shape index (κ2) is 7.40. The van der Waals surface area contributed by atoms with E-state index in [-0.39, 0.29) is 0 Å². The predicted molar refractivity (Wildman–Crippen MR) is 108 cm³/mol. The molecule has 0 saturated carbocycles. The Hall–Kier alpha value is -3.13. The number of benzene rings is 3. The number of aryl methyl sites for hydroxylation is 2. The highest BCUT2D eigenvalue weighted by molar-refractivity contribution is 5.84. The van der Waals surface area contributed by atoms with E-state index in [1.807, 2.05) is 12.1 Å². The fraction of sp³-hybridized carbons (Fsp3) is 0.125. The van der Waals surface area contributed by atoms with Gasteiger partial charge in [-0.1, -0.05) is 54.6 Å². The lowest BCUT2D eigenvalue weighted by molar-refractivity contribution is 0.415. The highest BCUT2D eigenvalue weighted by Crippen LogP contribution is 2.25. The first-order valence-corrected chi connectivity index (χ1v) is 8.90. The smallest absolute Gasteiger partial charge is 0.118 e. The molecule has 0 aliphatic rings. The third-order valence-corrected chi connectivity index (χ3v) is 4.72. The van der Waals surface area contributed by atoms with Gasteiger partial charge in [0.1, 0.15) is 5.75 Å². The molecule has 128 valence electrons. The number of fused-ring (bicyclic) bond motifs is 1. The maximum absolute atomic E-state index is 5.25. The lowest BCUT2D eigenvalue weighted by Gasteiger charge is -2.09. The van der Waals surface area contributed by atoms with Gasteiger partial charge in [-0.2, -0.15) is 0 Å². The lowest BCUT2D eigenvalue weighted by atomic mass is 10.0. The molecule has 0 aliphatic carbocycles. The van der Waals surface area contributed by atoms with Crippen molar-refractivity contribution in [2.24, 2.45) is 0 Å². The maximum atomic E-state index is 5.25. The molecule has 0 amide bonds. The monoisotopic (exact) mass is 339 g/mol. The zero-order chi connectivity index (χ0) is 17.8. The zero-order valence-electron chi connectivity index (χ0n) is 14.9. The third-order valence-electron chi connectivity index (χ3n) is 4.72. The Bertz CT molecular complexity index is 1010. The van der Waals surface area contributed by atoms with Crippen LogP contribution in [0.25, 0.3) is 22.2 Å². The van der Waals surface area contributed by atoms with Crippen molar-refractivity contribution in [3.05, 3.63) is 96.1 Å². The normalized spacial score (nSPS) is 10.8. The molecular weight excluding hydrogens is 318 g/mol. The second-order valence-electron chi connectivity index (χ2n) is 6.40. The van der Waals surface area contributed by atoms with E-state index in [0.29, 0.717) is 0 Å². The first-order valence-electron chi connectivity index (χ1n) is 8.90. The summed E-state index contributed by atoms with van der Waals surface area (Å²) in [4.78, 5) is 4.97. The molecule has 1 aromatic heterocycles. The summed E-state index contributed by atoms with van der Waals surface area (Å²) in [7, 11) is 1.68. The number of nitrogens with zero attached hydrogens (tertiary/aromatic N) is 1. The largest absolute Gasteiger partial charge is 0.497 e. The van der Waals surface area contributed by atoms with Crippen molar-refractivity contribution in [2.75, 3.05) is 7.11 Å². The number of pyridine rings is 1. The zero-order valence-corrected chi connectivity index (χ0v) is 14.9. The topological polar surface area (TPSA) is 22.1 Å². The van der Waals surface area contributed by atoms with Gasteiger partial charge < -0.3 is 4.74 Å². The van der Waals surface area contributed by atoms with Crippen molar-refractivity contribution >= 4 is 10.9 Å². The Morgan fingerprint density at radius 2 is 1.54 bits per heavy atom. The van der Waals surface area contributed by atoms with Gasteiger partial charge in [0, 0.05) is 10.9 Å². The number of methoxy groups -OCH3 is 1. The molecular formula is C24H21NO. The Labute approximate surface area is 154 Å². The third kappa shape index (κ3) is 3.45. The molecule has 0 radical (unpaired) electrons. The van der Waals surface area contributed by atoms with E-state index < -0.39 is 0 Å². The van der Waals surface area contributed by atoms with Crippen LogP contribution in [0.2, 0.25) is 0 Å². The van der Waals surface area contributed by atoms with Crippen LogP contribution in [0.4, 0.5) is 0 Å². The summed E-state index contributed by atoms with van der Waals surface area (Å²) < 4.78 is 5.25. The van der Waals surface area contributed by atoms with E-state index in [2.05, 4.69) is 72.8 Å². The van der Waals surface area contributed by atoms with Gasteiger partial charge in [-0.25, -0.2) is 4.98 Å². The van der Waals surface area contributed by atoms with Crippen LogP contribution >= 0.6 is 0 Å². The van der Waals surface area contributed by atoms with E-state index in [0.717, 1.165) is 35.4 Å². The Morgan fingerprint density at radius 1 is 0.731 bits per heavy atom. The number of aromatic nitrogens is 1. The molecule has 4 aromatic rings. The van der Waals surface area contributed by atoms with Gasteiger partial charge in [-0.15, -0.1) is 0 Å². The lowest BCUT2D eigenvalue weighted by Crippen LogP contribution is -1.95. The number of hydrogen-bond donors (Lipinski definition) is 0. The van der Waals surface area contributed by atoms with Crippen molar-refractivity contribution in [3.63, 3.8) is 0 Å². The van der Waals surface area contributed by atoms with Crippen LogP contribution in [0.5, 0.6) is 5.75 Å². The fourth-order valence-electron chi connectivity index (χ4n) is 3.26. The van der Waals surface area contributed by atoms with Crippen LogP contribution in [0.3, 0.4) is 0 Å². The summed E-state index contributed by atoms with van der Waals surface area (Å²) in [6, 6.07) is 29.4. The van der Waals surface area contributed by atoms with Crippen LogP contribution in [-0.4, -0.2) is 12.1 Å². The summed E-state index contributed by atoms with van der Waals surface area (Å²) in [6.45, 7) is 0. The molecule has 0 fully saturated rings. The SMILES string of the molecule is COc1ccc(-c2ccc3cccc(CCc4ccccc4)c3n2)cc1. The Morgan fingerprint density at radius 3 is 2.31 bits per heavy atom. The van der Waals surface area contributed by atoms with E-state index in [4.69, 9.17) is 9.72 Å². The second-order valence-corrected chi connectivity index (χ2v) is 6.40. The van der Waals surface area contributed by atoms with Gasteiger partial charge in [0.2, 0.25) is 0 Å². The van der Waals surface area contributed by atoms with Crippen LogP contribution in [0, 0.1) is 0 Å². The molecule has 2 nitrogen and oxygen atoms in total. The van der Waals surface area contributed by atoms with Crippen LogP contribution in [0.1, 0.15) is 11.1 Å². The number of rotatable bonds is 5. The number of hydrogen-bond acceptors (Lipinski definition) is 2. The standard InChI is InChI=1S/C24H21NO/c1-26-22-15-12-19(13-16-22)23-17-14-21-9-5-8-20(24(21)25-23)11-10-18-6-3-2-4-7-18/h2-9,12-17H,10-11H2,1H3. The van der Waals surface area contributed by atoms with Gasteiger partial charge in [0.05, 0.1) is 18.3 Å². The molecule has 0 aliphatic heterocycles. The minimum Gasteiger partial charge on any atom is -0.497 e. The first-order chi connectivity index (χ1) is 12.8. The molecule has 0 bridgehead atoms. The fourth-order valence-corrected chi connectivity index (χ4v) is 3.26. The summed E-state index contributed by atoms with van der Waals surface area (Å²) in [5.74, 6) is 0.859. The maximum Gasteiger partial charge on any atom is 0.118 e. The van der Waals surface area contributed by atoms with Crippen molar-refractivity contribution in [1.29, 1.82) is 0 Å². The van der Waals surface area contributed by atoms with Gasteiger partial charge in [0.25, 0.3) is 0 Å². The van der Waals surface area contributed by atoms with E-state index in [1.165, 1.54) is 16.5 Å². The molecule has 0 atom stereocenters. The predicted octanol–water partition coefficient (Wildman–Crippen LogP) is 5.70. The molecule has 0 unspecified atom stereocenters. The van der Waals surface area contributed by atoms with Crippen molar-refractivity contribution in [2.45, 2.75) is 12.8 Å². The molecule has 0 spiro atoms. The Kier molecular flexibility index (Phi) is 4.65.